The largest absolute Gasteiger partial charge is 0.321 e. The number of hydrogen-bond donors (Lipinski definition) is 0. The highest BCUT2D eigenvalue weighted by atomic mass is 19.1. The molecule has 3 heterocycles. The van der Waals surface area contributed by atoms with Crippen LogP contribution in [0.4, 0.5) is 8.78 Å². The van der Waals surface area contributed by atoms with Crippen molar-refractivity contribution in [2.75, 3.05) is 0 Å². The molecule has 0 N–H and O–H groups in total. The lowest BCUT2D eigenvalue weighted by molar-refractivity contribution is 0.158. The highest BCUT2D eigenvalue weighted by molar-refractivity contribution is 5.66. The molecule has 3 nitrogen and oxygen atoms in total. The second kappa shape index (κ2) is 5.45. The van der Waals surface area contributed by atoms with Crippen molar-refractivity contribution < 1.29 is 8.78 Å². The number of halogens is 2. The van der Waals surface area contributed by atoms with E-state index in [1.165, 1.54) is 12.5 Å². The van der Waals surface area contributed by atoms with E-state index in [0.717, 1.165) is 36.9 Å². The number of imidazole rings is 1. The Labute approximate surface area is 128 Å². The fourth-order valence-corrected chi connectivity index (χ4v) is 3.94. The molecule has 2 atom stereocenters. The van der Waals surface area contributed by atoms with Crippen molar-refractivity contribution in [3.8, 4) is 11.3 Å². The van der Waals surface area contributed by atoms with Gasteiger partial charge in [-0.05, 0) is 30.9 Å². The quantitative estimate of drug-likeness (QED) is 0.792. The summed E-state index contributed by atoms with van der Waals surface area (Å²) in [7, 11) is 0. The van der Waals surface area contributed by atoms with Gasteiger partial charge in [0.2, 0.25) is 5.95 Å². The Morgan fingerprint density at radius 3 is 2.86 bits per heavy atom. The van der Waals surface area contributed by atoms with E-state index in [9.17, 15) is 8.78 Å². The van der Waals surface area contributed by atoms with Crippen molar-refractivity contribution >= 4 is 0 Å². The van der Waals surface area contributed by atoms with E-state index in [1.807, 2.05) is 4.57 Å². The fraction of sp³-hybridized carbons (Fsp3) is 0.529. The number of fused-ring (bicyclic) bond motifs is 3. The molecule has 1 saturated carbocycles. The Kier molecular flexibility index (Phi) is 3.43. The zero-order valence-electron chi connectivity index (χ0n) is 12.4. The number of nitrogens with zero attached hydrogens (tertiary/aromatic N) is 3. The highest BCUT2D eigenvalue weighted by Crippen LogP contribution is 2.42. The topological polar surface area (TPSA) is 30.7 Å². The first kappa shape index (κ1) is 13.9. The van der Waals surface area contributed by atoms with Gasteiger partial charge < -0.3 is 4.57 Å². The summed E-state index contributed by atoms with van der Waals surface area (Å²) < 4.78 is 30.2. The average molecular weight is 303 g/mol. The number of aromatic nitrogens is 3. The van der Waals surface area contributed by atoms with E-state index >= 15 is 0 Å². The van der Waals surface area contributed by atoms with Gasteiger partial charge in [-0.1, -0.05) is 19.3 Å². The Balaban J connectivity index is 1.63. The zero-order chi connectivity index (χ0) is 15.1. The molecule has 22 heavy (non-hydrogen) atoms. The number of pyridine rings is 1. The van der Waals surface area contributed by atoms with E-state index in [2.05, 4.69) is 9.97 Å². The normalized spacial score (nSPS) is 22.4. The molecule has 0 bridgehead atoms. The first-order chi connectivity index (χ1) is 10.7. The summed E-state index contributed by atoms with van der Waals surface area (Å²) in [5, 5.41) is 0. The molecule has 1 fully saturated rings. The van der Waals surface area contributed by atoms with Crippen molar-refractivity contribution in [3.63, 3.8) is 0 Å². The van der Waals surface area contributed by atoms with Crippen LogP contribution in [0.25, 0.3) is 11.3 Å². The van der Waals surface area contributed by atoms with Gasteiger partial charge in [-0.25, -0.2) is 14.4 Å². The molecule has 1 aliphatic carbocycles. The van der Waals surface area contributed by atoms with Crippen molar-refractivity contribution in [2.24, 2.45) is 5.92 Å². The summed E-state index contributed by atoms with van der Waals surface area (Å²) in [5.41, 5.74) is 2.43. The molecule has 4 rings (SSSR count). The van der Waals surface area contributed by atoms with Crippen LogP contribution in [0.2, 0.25) is 0 Å². The average Bonchev–Trinajstić information content (AvgIpc) is 3.11. The molecule has 2 unspecified atom stereocenters. The molecule has 0 amide bonds. The van der Waals surface area contributed by atoms with Gasteiger partial charge >= 0.3 is 0 Å². The van der Waals surface area contributed by atoms with Crippen LogP contribution < -0.4 is 0 Å². The molecule has 0 spiro atoms. The second-order valence-electron chi connectivity index (χ2n) is 6.42. The Morgan fingerprint density at radius 2 is 2.05 bits per heavy atom. The van der Waals surface area contributed by atoms with Crippen LogP contribution in [0.5, 0.6) is 0 Å². The third kappa shape index (κ3) is 2.23. The lowest BCUT2D eigenvalue weighted by atomic mass is 9.83. The summed E-state index contributed by atoms with van der Waals surface area (Å²) in [6.07, 6.45) is 8.33. The fourth-order valence-electron chi connectivity index (χ4n) is 3.94. The monoisotopic (exact) mass is 303 g/mol. The van der Waals surface area contributed by atoms with Gasteiger partial charge in [0.1, 0.15) is 6.17 Å². The van der Waals surface area contributed by atoms with Gasteiger partial charge in [0, 0.05) is 12.0 Å². The lowest BCUT2D eigenvalue weighted by Crippen LogP contribution is -2.23. The molecule has 2 aromatic heterocycles. The minimum Gasteiger partial charge on any atom is -0.321 e. The molecular weight excluding hydrogens is 284 g/mol. The van der Waals surface area contributed by atoms with Crippen LogP contribution in [0.15, 0.2) is 24.7 Å². The molecule has 1 aliphatic heterocycles. The number of hydrogen-bond acceptors (Lipinski definition) is 2. The number of rotatable bonds is 3. The smallest absolute Gasteiger partial charge is 0.213 e. The summed E-state index contributed by atoms with van der Waals surface area (Å²) in [5.74, 6) is -0.367. The van der Waals surface area contributed by atoms with E-state index in [1.54, 1.807) is 18.6 Å². The van der Waals surface area contributed by atoms with E-state index < -0.39 is 12.1 Å². The first-order valence-corrected chi connectivity index (χ1v) is 8.07. The standard InChI is InChI=1S/C17H19F2N3/c18-13(11-4-2-1-3-5-11)8-14-17-12(6-7-16(19)21-17)15-9-20-10-22(14)15/h6-7,9-11,13-14H,1-5,8H2. The minimum absolute atomic E-state index is 0.137. The zero-order valence-corrected chi connectivity index (χ0v) is 12.4. The molecular formula is C17H19F2N3. The van der Waals surface area contributed by atoms with Crippen LogP contribution in [-0.4, -0.2) is 20.7 Å². The summed E-state index contributed by atoms with van der Waals surface area (Å²) in [6, 6.07) is 2.84. The molecule has 116 valence electrons. The third-order valence-corrected chi connectivity index (χ3v) is 5.09. The minimum atomic E-state index is -0.864. The third-order valence-electron chi connectivity index (χ3n) is 5.09. The van der Waals surface area contributed by atoms with Crippen LogP contribution in [-0.2, 0) is 0 Å². The lowest BCUT2D eigenvalue weighted by Gasteiger charge is -2.27. The van der Waals surface area contributed by atoms with Gasteiger partial charge in [0.25, 0.3) is 0 Å². The van der Waals surface area contributed by atoms with Gasteiger partial charge in [-0.3, -0.25) is 0 Å². The van der Waals surface area contributed by atoms with E-state index in [0.29, 0.717) is 12.1 Å². The molecule has 0 radical (unpaired) electrons. The van der Waals surface area contributed by atoms with Gasteiger partial charge in [0.05, 0.1) is 30.0 Å². The number of alkyl halides is 1. The summed E-state index contributed by atoms with van der Waals surface area (Å²) >= 11 is 0. The first-order valence-electron chi connectivity index (χ1n) is 8.07. The Morgan fingerprint density at radius 1 is 1.23 bits per heavy atom. The predicted octanol–water partition coefficient (Wildman–Crippen LogP) is 4.30. The highest BCUT2D eigenvalue weighted by Gasteiger charge is 2.34. The maximum Gasteiger partial charge on any atom is 0.213 e. The van der Waals surface area contributed by atoms with Crippen molar-refractivity contribution in [1.82, 2.24) is 14.5 Å². The SMILES string of the molecule is Fc1ccc2c(n1)C(CC(F)C1CCCCC1)n1cncc1-2. The van der Waals surface area contributed by atoms with Crippen LogP contribution >= 0.6 is 0 Å². The van der Waals surface area contributed by atoms with Crippen LogP contribution in [0.3, 0.4) is 0 Å². The molecule has 2 aromatic rings. The summed E-state index contributed by atoms with van der Waals surface area (Å²) in [6.45, 7) is 0. The summed E-state index contributed by atoms with van der Waals surface area (Å²) in [4.78, 5) is 8.19. The van der Waals surface area contributed by atoms with Gasteiger partial charge in [-0.15, -0.1) is 0 Å². The molecule has 5 heteroatoms. The maximum absolute atomic E-state index is 14.8. The van der Waals surface area contributed by atoms with Crippen LogP contribution in [0, 0.1) is 11.9 Å². The molecule has 0 aromatic carbocycles. The van der Waals surface area contributed by atoms with Crippen LogP contribution in [0.1, 0.15) is 50.3 Å². The maximum atomic E-state index is 14.8. The predicted molar refractivity (Wildman–Crippen MR) is 79.6 cm³/mol. The second-order valence-corrected chi connectivity index (χ2v) is 6.42. The molecule has 0 saturated heterocycles. The van der Waals surface area contributed by atoms with Crippen molar-refractivity contribution in [3.05, 3.63) is 36.3 Å². The van der Waals surface area contributed by atoms with Crippen molar-refractivity contribution in [1.29, 1.82) is 0 Å². The van der Waals surface area contributed by atoms with E-state index in [4.69, 9.17) is 0 Å². The molecule has 2 aliphatic rings. The van der Waals surface area contributed by atoms with Gasteiger partial charge in [0.15, 0.2) is 0 Å². The Hall–Kier alpha value is -1.78. The van der Waals surface area contributed by atoms with Crippen molar-refractivity contribution in [2.45, 2.75) is 50.7 Å². The van der Waals surface area contributed by atoms with Gasteiger partial charge in [-0.2, -0.15) is 4.39 Å². The van der Waals surface area contributed by atoms with E-state index in [-0.39, 0.29) is 12.0 Å². The Bertz CT molecular complexity index is 676.